The molecule has 8 nitrogen and oxygen atoms in total. The molecule has 0 aliphatic carbocycles. The molecule has 0 aliphatic heterocycles. The number of nitro groups is 1. The van der Waals surface area contributed by atoms with Gasteiger partial charge in [-0.25, -0.2) is 0 Å². The quantitative estimate of drug-likeness (QED) is 0.627. The van der Waals surface area contributed by atoms with Crippen LogP contribution in [0.25, 0.3) is 0 Å². The molecule has 0 radical (unpaired) electrons. The Morgan fingerprint density at radius 2 is 1.91 bits per heavy atom. The van der Waals surface area contributed by atoms with E-state index in [4.69, 9.17) is 0 Å². The zero-order valence-electron chi connectivity index (χ0n) is 12.3. The number of benzene rings is 1. The fourth-order valence-corrected chi connectivity index (χ4v) is 2.59. The van der Waals surface area contributed by atoms with E-state index < -0.39 is 16.7 Å². The maximum absolute atomic E-state index is 12.1. The van der Waals surface area contributed by atoms with Gasteiger partial charge in [-0.15, -0.1) is 0 Å². The molecule has 1 aromatic heterocycles. The molecule has 2 amide bonds. The van der Waals surface area contributed by atoms with Crippen LogP contribution in [0.3, 0.4) is 0 Å². The van der Waals surface area contributed by atoms with Crippen molar-refractivity contribution in [3.05, 3.63) is 61.9 Å². The number of aryl methyl sites for hydroxylation is 1. The van der Waals surface area contributed by atoms with E-state index in [-0.39, 0.29) is 16.8 Å². The zero-order chi connectivity index (χ0) is 17.1. The Kier molecular flexibility index (Phi) is 4.80. The Bertz CT molecular complexity index is 800. The van der Waals surface area contributed by atoms with E-state index in [1.807, 2.05) is 0 Å². The molecule has 120 valence electrons. The van der Waals surface area contributed by atoms with Gasteiger partial charge < -0.3 is 4.57 Å². The number of rotatable bonds is 3. The summed E-state index contributed by atoms with van der Waals surface area (Å²) in [6.45, 7) is 1.48. The Labute approximate surface area is 139 Å². The van der Waals surface area contributed by atoms with Crippen molar-refractivity contribution in [1.29, 1.82) is 0 Å². The molecule has 2 rings (SSSR count). The molecule has 2 aromatic rings. The van der Waals surface area contributed by atoms with Crippen LogP contribution in [0, 0.1) is 17.0 Å². The van der Waals surface area contributed by atoms with E-state index >= 15 is 0 Å². The van der Waals surface area contributed by atoms with Crippen molar-refractivity contribution in [2.75, 3.05) is 0 Å². The van der Waals surface area contributed by atoms with E-state index in [1.54, 1.807) is 23.9 Å². The van der Waals surface area contributed by atoms with Crippen LogP contribution in [-0.2, 0) is 7.05 Å². The van der Waals surface area contributed by atoms with Crippen molar-refractivity contribution >= 4 is 33.4 Å². The van der Waals surface area contributed by atoms with Crippen molar-refractivity contribution in [1.82, 2.24) is 15.4 Å². The minimum absolute atomic E-state index is 0.118. The van der Waals surface area contributed by atoms with E-state index in [0.717, 1.165) is 4.47 Å². The third-order valence-corrected chi connectivity index (χ3v) is 3.67. The molecule has 0 aliphatic rings. The summed E-state index contributed by atoms with van der Waals surface area (Å²) >= 11 is 3.25. The van der Waals surface area contributed by atoms with Crippen molar-refractivity contribution < 1.29 is 14.5 Å². The lowest BCUT2D eigenvalue weighted by Gasteiger charge is -2.09. The molecule has 0 saturated heterocycles. The number of hydrazine groups is 1. The van der Waals surface area contributed by atoms with Gasteiger partial charge >= 0.3 is 0 Å². The predicted octanol–water partition coefficient (Wildman–Crippen LogP) is 2.08. The number of nitrogens with zero attached hydrogens (tertiary/aromatic N) is 2. The number of nitrogens with one attached hydrogen (secondary N) is 2. The number of nitro benzene ring substituents is 1. The molecule has 2 N–H and O–H groups in total. The molecule has 23 heavy (non-hydrogen) atoms. The lowest BCUT2D eigenvalue weighted by Crippen LogP contribution is -2.42. The summed E-state index contributed by atoms with van der Waals surface area (Å²) in [7, 11) is 1.69. The minimum atomic E-state index is -0.632. The van der Waals surface area contributed by atoms with Gasteiger partial charge in [0.05, 0.1) is 10.5 Å². The van der Waals surface area contributed by atoms with Gasteiger partial charge in [-0.05, 0) is 35.0 Å². The second-order valence-corrected chi connectivity index (χ2v) is 5.69. The molecule has 9 heteroatoms. The van der Waals surface area contributed by atoms with Crippen LogP contribution in [0.2, 0.25) is 0 Å². The van der Waals surface area contributed by atoms with Gasteiger partial charge in [0.15, 0.2) is 0 Å². The maximum Gasteiger partial charge on any atom is 0.286 e. The molecule has 0 bridgehead atoms. The van der Waals surface area contributed by atoms with Crippen LogP contribution in [0.5, 0.6) is 0 Å². The monoisotopic (exact) mass is 380 g/mol. The lowest BCUT2D eigenvalue weighted by atomic mass is 10.1. The summed E-state index contributed by atoms with van der Waals surface area (Å²) in [4.78, 5) is 34.4. The number of aromatic nitrogens is 1. The van der Waals surface area contributed by atoms with Gasteiger partial charge in [-0.1, -0.05) is 6.07 Å². The topological polar surface area (TPSA) is 106 Å². The molecule has 0 unspecified atom stereocenters. The minimum Gasteiger partial charge on any atom is -0.345 e. The highest BCUT2D eigenvalue weighted by Gasteiger charge is 2.19. The first kappa shape index (κ1) is 16.7. The lowest BCUT2D eigenvalue weighted by molar-refractivity contribution is -0.385. The first-order valence-electron chi connectivity index (χ1n) is 6.48. The van der Waals surface area contributed by atoms with Crippen LogP contribution in [0.15, 0.2) is 34.9 Å². The van der Waals surface area contributed by atoms with Crippen molar-refractivity contribution in [2.45, 2.75) is 6.92 Å². The molecular formula is C14H13BrN4O4. The molecular weight excluding hydrogens is 368 g/mol. The summed E-state index contributed by atoms with van der Waals surface area (Å²) in [5, 5.41) is 10.9. The largest absolute Gasteiger partial charge is 0.345 e. The summed E-state index contributed by atoms with van der Waals surface area (Å²) in [5.74, 6) is -1.14. The van der Waals surface area contributed by atoms with Crippen molar-refractivity contribution in [2.24, 2.45) is 7.05 Å². The van der Waals surface area contributed by atoms with Gasteiger partial charge in [-0.2, -0.15) is 0 Å². The fraction of sp³-hybridized carbons (Fsp3) is 0.143. The highest BCUT2D eigenvalue weighted by molar-refractivity contribution is 9.10. The van der Waals surface area contributed by atoms with Crippen molar-refractivity contribution in [3.63, 3.8) is 0 Å². The van der Waals surface area contributed by atoms with E-state index in [2.05, 4.69) is 26.8 Å². The van der Waals surface area contributed by atoms with Crippen LogP contribution in [0.4, 0.5) is 5.69 Å². The number of amides is 2. The third-order valence-electron chi connectivity index (χ3n) is 3.24. The molecule has 0 atom stereocenters. The van der Waals surface area contributed by atoms with Gasteiger partial charge in [0.1, 0.15) is 5.69 Å². The van der Waals surface area contributed by atoms with Crippen LogP contribution < -0.4 is 10.9 Å². The molecule has 0 spiro atoms. The van der Waals surface area contributed by atoms with Crippen LogP contribution in [0.1, 0.15) is 26.4 Å². The smallest absolute Gasteiger partial charge is 0.286 e. The van der Waals surface area contributed by atoms with E-state index in [1.165, 1.54) is 25.1 Å². The normalized spacial score (nSPS) is 10.2. The SMILES string of the molecule is Cc1c(C(=O)NNC(=O)c2cc(Br)cn2C)cccc1[N+](=O)[O-]. The van der Waals surface area contributed by atoms with E-state index in [9.17, 15) is 19.7 Å². The Morgan fingerprint density at radius 1 is 1.26 bits per heavy atom. The average molecular weight is 381 g/mol. The number of carbonyl (C=O) groups excluding carboxylic acids is 2. The van der Waals surface area contributed by atoms with Gasteiger partial charge in [0.25, 0.3) is 17.5 Å². The van der Waals surface area contributed by atoms with E-state index in [0.29, 0.717) is 5.69 Å². The van der Waals surface area contributed by atoms with Crippen LogP contribution in [-0.4, -0.2) is 21.3 Å². The number of hydrogen-bond donors (Lipinski definition) is 2. The number of halogens is 1. The Hall–Kier alpha value is -2.68. The van der Waals surface area contributed by atoms with Gasteiger partial charge in [-0.3, -0.25) is 30.6 Å². The fourth-order valence-electron chi connectivity index (χ4n) is 2.06. The Morgan fingerprint density at radius 3 is 2.48 bits per heavy atom. The molecule has 0 fully saturated rings. The zero-order valence-corrected chi connectivity index (χ0v) is 13.9. The first-order valence-corrected chi connectivity index (χ1v) is 7.27. The van der Waals surface area contributed by atoms with Crippen molar-refractivity contribution in [3.8, 4) is 0 Å². The highest BCUT2D eigenvalue weighted by atomic mass is 79.9. The maximum atomic E-state index is 12.1. The van der Waals surface area contributed by atoms with Gasteiger partial charge in [0.2, 0.25) is 0 Å². The summed E-state index contributed by atoms with van der Waals surface area (Å²) in [6.07, 6.45) is 1.70. The second kappa shape index (κ2) is 6.61. The Balaban J connectivity index is 2.11. The molecule has 1 heterocycles. The van der Waals surface area contributed by atoms with Crippen LogP contribution >= 0.6 is 15.9 Å². The standard InChI is InChI=1S/C14H13BrN4O4/c1-8-10(4-3-5-11(8)19(22)23)13(20)16-17-14(21)12-6-9(15)7-18(12)2/h3-7H,1-2H3,(H,16,20)(H,17,21). The number of hydrogen-bond acceptors (Lipinski definition) is 4. The molecule has 0 saturated carbocycles. The summed E-state index contributed by atoms with van der Waals surface area (Å²) in [6, 6.07) is 5.77. The third kappa shape index (κ3) is 3.57. The molecule has 1 aromatic carbocycles. The summed E-state index contributed by atoms with van der Waals surface area (Å²) < 4.78 is 2.32. The summed E-state index contributed by atoms with van der Waals surface area (Å²) in [5.41, 5.74) is 5.06. The average Bonchev–Trinajstić information content (AvgIpc) is 2.83. The number of carbonyl (C=O) groups is 2. The predicted molar refractivity (Wildman–Crippen MR) is 85.9 cm³/mol. The second-order valence-electron chi connectivity index (χ2n) is 4.77. The first-order chi connectivity index (χ1) is 10.8. The van der Waals surface area contributed by atoms with Gasteiger partial charge in [0, 0.05) is 29.3 Å². The highest BCUT2D eigenvalue weighted by Crippen LogP contribution is 2.20.